The molecule has 1 heteroatoms. The van der Waals surface area contributed by atoms with E-state index < -0.39 is 0 Å². The van der Waals surface area contributed by atoms with Gasteiger partial charge >= 0.3 is 0 Å². The molecule has 1 N–H and O–H groups in total. The molecular formula is C18H27N. The van der Waals surface area contributed by atoms with E-state index in [0.717, 1.165) is 5.57 Å². The van der Waals surface area contributed by atoms with Crippen molar-refractivity contribution in [2.75, 3.05) is 0 Å². The van der Waals surface area contributed by atoms with Crippen LogP contribution in [0.1, 0.15) is 41.5 Å². The molecule has 0 spiro atoms. The molecule has 0 radical (unpaired) electrons. The van der Waals surface area contributed by atoms with Crippen LogP contribution in [0.4, 0.5) is 0 Å². The summed E-state index contributed by atoms with van der Waals surface area (Å²) in [5, 5.41) is 7.34. The summed E-state index contributed by atoms with van der Waals surface area (Å²) in [6.07, 6.45) is 14.5. The summed E-state index contributed by atoms with van der Waals surface area (Å²) in [6, 6.07) is 0. The fraction of sp³-hybridized carbons (Fsp3) is 0.389. The van der Waals surface area contributed by atoms with Crippen LogP contribution in [-0.2, 0) is 0 Å². The summed E-state index contributed by atoms with van der Waals surface area (Å²) in [4.78, 5) is 0. The second-order valence-corrected chi connectivity index (χ2v) is 5.26. The van der Waals surface area contributed by atoms with E-state index in [-0.39, 0.29) is 0 Å². The molecule has 1 nitrogen and oxygen atoms in total. The summed E-state index contributed by atoms with van der Waals surface area (Å²) < 4.78 is 0. The third-order valence-electron chi connectivity index (χ3n) is 2.75. The van der Waals surface area contributed by atoms with Crippen LogP contribution in [0.2, 0.25) is 0 Å². The molecule has 0 fully saturated rings. The first-order valence-corrected chi connectivity index (χ1v) is 6.73. The minimum Gasteiger partial charge on any atom is -0.306 e. The van der Waals surface area contributed by atoms with Gasteiger partial charge in [0.1, 0.15) is 0 Å². The van der Waals surface area contributed by atoms with Crippen molar-refractivity contribution in [1.29, 1.82) is 5.41 Å². The number of rotatable bonds is 6. The van der Waals surface area contributed by atoms with Gasteiger partial charge in [0.15, 0.2) is 0 Å². The van der Waals surface area contributed by atoms with Crippen molar-refractivity contribution < 1.29 is 0 Å². The third kappa shape index (κ3) is 10.0. The van der Waals surface area contributed by atoms with Gasteiger partial charge in [0.25, 0.3) is 0 Å². The maximum Gasteiger partial charge on any atom is 0.0283 e. The van der Waals surface area contributed by atoms with Crippen molar-refractivity contribution in [2.24, 2.45) is 5.92 Å². The number of allylic oxidation sites excluding steroid dienone is 10. The second-order valence-electron chi connectivity index (χ2n) is 5.26. The maximum absolute atomic E-state index is 7.34. The van der Waals surface area contributed by atoms with Gasteiger partial charge in [-0.05, 0) is 46.6 Å². The van der Waals surface area contributed by atoms with E-state index in [9.17, 15) is 0 Å². The molecule has 0 aliphatic carbocycles. The van der Waals surface area contributed by atoms with Crippen LogP contribution in [0, 0.1) is 11.3 Å². The maximum atomic E-state index is 7.34. The van der Waals surface area contributed by atoms with E-state index in [2.05, 4.69) is 58.1 Å². The zero-order chi connectivity index (χ0) is 14.8. The molecule has 0 saturated heterocycles. The molecule has 0 saturated carbocycles. The molecule has 0 aromatic carbocycles. The Hall–Kier alpha value is -1.63. The molecule has 104 valence electrons. The van der Waals surface area contributed by atoms with E-state index in [4.69, 9.17) is 5.41 Å². The number of nitrogens with one attached hydrogen (secondary N) is 1. The molecule has 0 aromatic heterocycles. The second kappa shape index (κ2) is 9.32. The summed E-state index contributed by atoms with van der Waals surface area (Å²) in [7, 11) is 0. The SMILES string of the molecule is CC(=N)/C=C/C(C)=C\C=C(/C)[C@H](C)/C=C\C=C(C)C. The van der Waals surface area contributed by atoms with Gasteiger partial charge in [-0.2, -0.15) is 0 Å². The predicted molar refractivity (Wildman–Crippen MR) is 87.8 cm³/mol. The minimum absolute atomic E-state index is 0.438. The Balaban J connectivity index is 4.63. The Morgan fingerprint density at radius 1 is 0.895 bits per heavy atom. The molecule has 0 rings (SSSR count). The standard InChI is InChI=1S/C18H27N/c1-14(2)8-7-9-16(4)17(5)12-10-15(3)11-13-18(6)19/h7-13,16,19H,1-6H3/b9-7-,13-11+,15-10-,17-12+,19-18?/t16-/m1/s1. The molecule has 0 aromatic rings. The first-order valence-electron chi connectivity index (χ1n) is 6.73. The van der Waals surface area contributed by atoms with Crippen LogP contribution >= 0.6 is 0 Å². The molecule has 0 aliphatic rings. The number of hydrogen-bond acceptors (Lipinski definition) is 1. The molecule has 0 unspecified atom stereocenters. The topological polar surface area (TPSA) is 23.9 Å². The van der Waals surface area contributed by atoms with Gasteiger partial charge in [0.2, 0.25) is 0 Å². The van der Waals surface area contributed by atoms with Crippen molar-refractivity contribution in [3.05, 3.63) is 59.3 Å². The lowest BCUT2D eigenvalue weighted by Gasteiger charge is -2.05. The van der Waals surface area contributed by atoms with Gasteiger partial charge in [-0.3, -0.25) is 0 Å². The molecule has 19 heavy (non-hydrogen) atoms. The highest BCUT2D eigenvalue weighted by atomic mass is 14.4. The van der Waals surface area contributed by atoms with Crippen molar-refractivity contribution in [2.45, 2.75) is 41.5 Å². The van der Waals surface area contributed by atoms with Crippen LogP contribution in [0.5, 0.6) is 0 Å². The zero-order valence-corrected chi connectivity index (χ0v) is 13.1. The first-order chi connectivity index (χ1) is 8.82. The molecule has 1 atom stereocenters. The molecule has 0 bridgehead atoms. The van der Waals surface area contributed by atoms with E-state index in [0.29, 0.717) is 11.6 Å². The van der Waals surface area contributed by atoms with Crippen molar-refractivity contribution in [1.82, 2.24) is 0 Å². The fourth-order valence-corrected chi connectivity index (χ4v) is 1.29. The van der Waals surface area contributed by atoms with Gasteiger partial charge in [0.05, 0.1) is 0 Å². The van der Waals surface area contributed by atoms with E-state index in [1.165, 1.54) is 11.1 Å². The van der Waals surface area contributed by atoms with Gasteiger partial charge < -0.3 is 5.41 Å². The average Bonchev–Trinajstić information content (AvgIpc) is 2.32. The molecular weight excluding hydrogens is 230 g/mol. The van der Waals surface area contributed by atoms with Crippen LogP contribution in [0.25, 0.3) is 0 Å². The van der Waals surface area contributed by atoms with Crippen LogP contribution in [0.3, 0.4) is 0 Å². The van der Waals surface area contributed by atoms with Crippen LogP contribution in [-0.4, -0.2) is 5.71 Å². The van der Waals surface area contributed by atoms with Crippen molar-refractivity contribution >= 4 is 5.71 Å². The van der Waals surface area contributed by atoms with Crippen LogP contribution < -0.4 is 0 Å². The largest absolute Gasteiger partial charge is 0.306 e. The predicted octanol–water partition coefficient (Wildman–Crippen LogP) is 5.63. The molecule has 0 aliphatic heterocycles. The lowest BCUT2D eigenvalue weighted by molar-refractivity contribution is 0.862. The Kier molecular flexibility index (Phi) is 8.52. The highest BCUT2D eigenvalue weighted by Gasteiger charge is 1.97. The lowest BCUT2D eigenvalue weighted by Crippen LogP contribution is -1.90. The minimum atomic E-state index is 0.438. The highest BCUT2D eigenvalue weighted by molar-refractivity contribution is 5.90. The normalized spacial score (nSPS) is 15.1. The van der Waals surface area contributed by atoms with E-state index in [1.807, 2.05) is 19.1 Å². The van der Waals surface area contributed by atoms with Crippen molar-refractivity contribution in [3.8, 4) is 0 Å². The van der Waals surface area contributed by atoms with Gasteiger partial charge in [-0.15, -0.1) is 0 Å². The first kappa shape index (κ1) is 17.4. The fourth-order valence-electron chi connectivity index (χ4n) is 1.29. The molecule has 0 amide bonds. The Labute approximate surface area is 118 Å². The van der Waals surface area contributed by atoms with Gasteiger partial charge in [-0.25, -0.2) is 0 Å². The summed E-state index contributed by atoms with van der Waals surface area (Å²) in [6.45, 7) is 12.4. The third-order valence-corrected chi connectivity index (χ3v) is 2.75. The average molecular weight is 257 g/mol. The monoisotopic (exact) mass is 257 g/mol. The lowest BCUT2D eigenvalue weighted by atomic mass is 10.0. The Morgan fingerprint density at radius 3 is 2.05 bits per heavy atom. The number of hydrogen-bond donors (Lipinski definition) is 1. The van der Waals surface area contributed by atoms with Crippen LogP contribution in [0.15, 0.2) is 59.3 Å². The Morgan fingerprint density at radius 2 is 1.53 bits per heavy atom. The van der Waals surface area contributed by atoms with Crippen molar-refractivity contribution in [3.63, 3.8) is 0 Å². The smallest absolute Gasteiger partial charge is 0.0283 e. The summed E-state index contributed by atoms with van der Waals surface area (Å²) >= 11 is 0. The van der Waals surface area contributed by atoms with E-state index in [1.54, 1.807) is 6.92 Å². The van der Waals surface area contributed by atoms with Gasteiger partial charge in [-0.1, -0.05) is 60.1 Å². The summed E-state index contributed by atoms with van der Waals surface area (Å²) in [5.74, 6) is 0.438. The quantitative estimate of drug-likeness (QED) is 0.471. The van der Waals surface area contributed by atoms with E-state index >= 15 is 0 Å². The summed E-state index contributed by atoms with van der Waals surface area (Å²) in [5.41, 5.74) is 4.38. The van der Waals surface area contributed by atoms with Gasteiger partial charge in [0, 0.05) is 5.71 Å². The highest BCUT2D eigenvalue weighted by Crippen LogP contribution is 2.12. The zero-order valence-electron chi connectivity index (χ0n) is 13.1. The molecule has 0 heterocycles. The Bertz CT molecular complexity index is 438.